The zero-order chi connectivity index (χ0) is 18.8. The number of rotatable bonds is 6. The predicted octanol–water partition coefficient (Wildman–Crippen LogP) is 5.61. The lowest BCUT2D eigenvalue weighted by Crippen LogP contribution is -2.41. The lowest BCUT2D eigenvalue weighted by molar-refractivity contribution is 0.286. The maximum Gasteiger partial charge on any atom is 0.191 e. The van der Waals surface area contributed by atoms with E-state index in [1.54, 1.807) is 0 Å². The predicted molar refractivity (Wildman–Crippen MR) is 113 cm³/mol. The van der Waals surface area contributed by atoms with Gasteiger partial charge < -0.3 is 9.74 Å². The van der Waals surface area contributed by atoms with Crippen molar-refractivity contribution in [2.24, 2.45) is 0 Å². The molecule has 0 spiro atoms. The van der Waals surface area contributed by atoms with Crippen molar-refractivity contribution in [1.82, 2.24) is 9.97 Å². The van der Waals surface area contributed by atoms with Crippen molar-refractivity contribution < 1.29 is 4.43 Å². The van der Waals surface area contributed by atoms with Crippen LogP contribution in [0.25, 0.3) is 21.8 Å². The molecule has 5 heteroatoms. The van der Waals surface area contributed by atoms with E-state index >= 15 is 0 Å². The molecule has 1 N–H and O–H groups in total. The lowest BCUT2D eigenvalue weighted by atomic mass is 10.1. The number of pyridine rings is 2. The molecule has 0 amide bonds. The van der Waals surface area contributed by atoms with Gasteiger partial charge in [0, 0.05) is 42.0 Å². The summed E-state index contributed by atoms with van der Waals surface area (Å²) in [6.07, 6.45) is 4.63. The molecule has 1 aromatic carbocycles. The Bertz CT molecular complexity index is 903. The van der Waals surface area contributed by atoms with Gasteiger partial charge in [-0.05, 0) is 48.8 Å². The van der Waals surface area contributed by atoms with Crippen LogP contribution in [0, 0.1) is 0 Å². The minimum atomic E-state index is -1.66. The Morgan fingerprint density at radius 1 is 1.04 bits per heavy atom. The number of benzene rings is 1. The highest BCUT2D eigenvalue weighted by molar-refractivity contribution is 6.74. The maximum atomic E-state index is 6.27. The highest BCUT2D eigenvalue weighted by Gasteiger charge is 2.36. The van der Waals surface area contributed by atoms with Gasteiger partial charge in [-0.1, -0.05) is 26.8 Å². The zero-order valence-corrected chi connectivity index (χ0v) is 17.5. The van der Waals surface area contributed by atoms with Gasteiger partial charge in [-0.3, -0.25) is 9.97 Å². The third-order valence-electron chi connectivity index (χ3n) is 5.37. The van der Waals surface area contributed by atoms with E-state index < -0.39 is 8.32 Å². The van der Waals surface area contributed by atoms with Crippen LogP contribution in [-0.2, 0) is 4.43 Å². The van der Waals surface area contributed by atoms with E-state index in [0.29, 0.717) is 0 Å². The quantitative estimate of drug-likeness (QED) is 0.349. The first-order valence-corrected chi connectivity index (χ1v) is 12.2. The summed E-state index contributed by atoms with van der Waals surface area (Å²) in [6, 6.07) is 10.3. The normalized spacial score (nSPS) is 12.7. The Morgan fingerprint density at radius 3 is 2.46 bits per heavy atom. The molecule has 0 fully saturated rings. The van der Waals surface area contributed by atoms with Gasteiger partial charge in [0.25, 0.3) is 0 Å². The second kappa shape index (κ2) is 7.33. The van der Waals surface area contributed by atoms with Gasteiger partial charge in [-0.25, -0.2) is 0 Å². The molecule has 3 rings (SSSR count). The monoisotopic (exact) mass is 367 g/mol. The van der Waals surface area contributed by atoms with E-state index in [4.69, 9.17) is 4.43 Å². The molecule has 4 nitrogen and oxygen atoms in total. The lowest BCUT2D eigenvalue weighted by Gasteiger charge is -2.36. The van der Waals surface area contributed by atoms with Crippen LogP contribution in [0.2, 0.25) is 18.1 Å². The Kier molecular flexibility index (Phi) is 5.30. The summed E-state index contributed by atoms with van der Waals surface area (Å²) in [5.41, 5.74) is 3.02. The number of anilines is 1. The minimum absolute atomic E-state index is 0.258. The van der Waals surface area contributed by atoms with E-state index in [-0.39, 0.29) is 5.04 Å². The van der Waals surface area contributed by atoms with Crippen LogP contribution in [0.4, 0.5) is 5.69 Å². The first-order valence-electron chi connectivity index (χ1n) is 9.30. The molecule has 2 heterocycles. The molecular formula is C21H29N3OSi. The Balaban J connectivity index is 1.69. The second-order valence-corrected chi connectivity index (χ2v) is 13.1. The maximum absolute atomic E-state index is 6.27. The Labute approximate surface area is 157 Å². The molecule has 0 bridgehead atoms. The Hall–Kier alpha value is -1.98. The fourth-order valence-electron chi connectivity index (χ4n) is 2.76. The summed E-state index contributed by atoms with van der Waals surface area (Å²) in [7, 11) is -1.66. The summed E-state index contributed by atoms with van der Waals surface area (Å²) < 4.78 is 6.27. The first-order chi connectivity index (χ1) is 12.3. The molecule has 26 heavy (non-hydrogen) atoms. The highest BCUT2D eigenvalue weighted by Crippen LogP contribution is 2.36. The molecule has 0 saturated heterocycles. The molecule has 0 saturated carbocycles. The third-order valence-corrected chi connectivity index (χ3v) is 9.90. The van der Waals surface area contributed by atoms with Crippen LogP contribution < -0.4 is 5.32 Å². The average Bonchev–Trinajstić information content (AvgIpc) is 2.60. The zero-order valence-electron chi connectivity index (χ0n) is 16.5. The number of hydrogen-bond acceptors (Lipinski definition) is 4. The molecule has 3 aromatic rings. The van der Waals surface area contributed by atoms with Crippen LogP contribution in [0.3, 0.4) is 0 Å². The summed E-state index contributed by atoms with van der Waals surface area (Å²) >= 11 is 0. The molecule has 0 unspecified atom stereocenters. The molecule has 0 aliphatic rings. The summed E-state index contributed by atoms with van der Waals surface area (Å²) in [6.45, 7) is 13.1. The number of fused-ring (bicyclic) bond motifs is 3. The summed E-state index contributed by atoms with van der Waals surface area (Å²) in [4.78, 5) is 9.06. The van der Waals surface area contributed by atoms with Gasteiger partial charge >= 0.3 is 0 Å². The van der Waals surface area contributed by atoms with Gasteiger partial charge in [-0.2, -0.15) is 0 Å². The second-order valence-electron chi connectivity index (χ2n) is 8.29. The number of hydrogen-bond donors (Lipinski definition) is 1. The third kappa shape index (κ3) is 3.89. The van der Waals surface area contributed by atoms with Gasteiger partial charge in [0.15, 0.2) is 8.32 Å². The SMILES string of the molecule is CC(C)(C)[Si](C)(C)OCCCNc1cc2cccnc2c2ncccc12. The fourth-order valence-corrected chi connectivity index (χ4v) is 3.85. The summed E-state index contributed by atoms with van der Waals surface area (Å²) in [5, 5.41) is 6.05. The van der Waals surface area contributed by atoms with Crippen LogP contribution in [0.5, 0.6) is 0 Å². The van der Waals surface area contributed by atoms with Crippen molar-refractivity contribution in [3.63, 3.8) is 0 Å². The van der Waals surface area contributed by atoms with Crippen molar-refractivity contribution in [1.29, 1.82) is 0 Å². The van der Waals surface area contributed by atoms with Gasteiger partial charge in [-0.15, -0.1) is 0 Å². The van der Waals surface area contributed by atoms with Crippen LogP contribution in [0.1, 0.15) is 27.2 Å². The fraction of sp³-hybridized carbons (Fsp3) is 0.429. The van der Waals surface area contributed by atoms with Crippen LogP contribution >= 0.6 is 0 Å². The smallest absolute Gasteiger partial charge is 0.191 e. The van der Waals surface area contributed by atoms with Gasteiger partial charge in [0.2, 0.25) is 0 Å². The Morgan fingerprint density at radius 2 is 1.73 bits per heavy atom. The topological polar surface area (TPSA) is 47.0 Å². The van der Waals surface area contributed by atoms with E-state index in [9.17, 15) is 0 Å². The molecule has 0 atom stereocenters. The average molecular weight is 368 g/mol. The minimum Gasteiger partial charge on any atom is -0.417 e. The van der Waals surface area contributed by atoms with Gasteiger partial charge in [0.1, 0.15) is 0 Å². The molecule has 138 valence electrons. The van der Waals surface area contributed by atoms with Crippen LogP contribution in [0.15, 0.2) is 42.7 Å². The number of aromatic nitrogens is 2. The molecular weight excluding hydrogens is 338 g/mol. The van der Waals surface area contributed by atoms with E-state index in [1.807, 2.05) is 24.5 Å². The van der Waals surface area contributed by atoms with Crippen molar-refractivity contribution in [2.75, 3.05) is 18.5 Å². The number of nitrogens with zero attached hydrogens (tertiary/aromatic N) is 2. The van der Waals surface area contributed by atoms with Crippen molar-refractivity contribution in [3.8, 4) is 0 Å². The van der Waals surface area contributed by atoms with Crippen molar-refractivity contribution >= 4 is 35.8 Å². The highest BCUT2D eigenvalue weighted by atomic mass is 28.4. The molecule has 0 radical (unpaired) electrons. The van der Waals surface area contributed by atoms with Crippen LogP contribution in [-0.4, -0.2) is 31.4 Å². The van der Waals surface area contributed by atoms with Gasteiger partial charge in [0.05, 0.1) is 11.0 Å². The van der Waals surface area contributed by atoms with E-state index in [1.165, 1.54) is 0 Å². The first kappa shape index (κ1) is 18.8. The van der Waals surface area contributed by atoms with Crippen molar-refractivity contribution in [2.45, 2.75) is 45.3 Å². The largest absolute Gasteiger partial charge is 0.417 e. The van der Waals surface area contributed by atoms with E-state index in [0.717, 1.165) is 47.1 Å². The standard InChI is InChI=1S/C21H29N3OSi/c1-21(2,3)26(4,5)25-14-8-13-22-18-15-16-9-6-11-23-19(16)20-17(18)10-7-12-24-20/h6-7,9-12,15,22H,8,13-14H2,1-5H3. The molecule has 0 aliphatic heterocycles. The number of nitrogens with one attached hydrogen (secondary N) is 1. The molecule has 0 aliphatic carbocycles. The molecule has 2 aromatic heterocycles. The van der Waals surface area contributed by atoms with E-state index in [2.05, 4.69) is 67.3 Å². The summed E-state index contributed by atoms with van der Waals surface area (Å²) in [5.74, 6) is 0. The van der Waals surface area contributed by atoms with Crippen molar-refractivity contribution in [3.05, 3.63) is 42.7 Å².